The summed E-state index contributed by atoms with van der Waals surface area (Å²) in [5.74, 6) is 0.752. The Hall–Kier alpha value is -0.660. The molecule has 0 spiro atoms. The van der Waals surface area contributed by atoms with Crippen molar-refractivity contribution in [3.8, 4) is 0 Å². The van der Waals surface area contributed by atoms with Crippen molar-refractivity contribution in [2.24, 2.45) is 0 Å². The van der Waals surface area contributed by atoms with Crippen LogP contribution in [-0.4, -0.2) is 18.7 Å². The smallest absolute Gasteiger partial charge is 0.160 e. The molecule has 0 aromatic carbocycles. The summed E-state index contributed by atoms with van der Waals surface area (Å²) >= 11 is 0. The lowest BCUT2D eigenvalue weighted by atomic mass is 10.6. The van der Waals surface area contributed by atoms with Crippen LogP contribution in [0.5, 0.6) is 0 Å². The fourth-order valence-electron chi connectivity index (χ4n) is 0.505. The molecule has 0 N–H and O–H groups in total. The molecule has 0 aromatic heterocycles. The standard InChI is InChI=1S/C5H8NO/c1-5-3-6(2)4-7-5/h3H,1,4H2,2H3. The Morgan fingerprint density at radius 2 is 2.71 bits per heavy atom. The average Bonchev–Trinajstić information content (AvgIpc) is 1.87. The number of ether oxygens (including phenoxy) is 1. The number of nitrogens with zero attached hydrogens (tertiary/aromatic N) is 1. The average molecular weight is 98.1 g/mol. The molecule has 39 valence electrons. The number of rotatable bonds is 0. The van der Waals surface area contributed by atoms with Crippen LogP contribution in [0.1, 0.15) is 0 Å². The summed E-state index contributed by atoms with van der Waals surface area (Å²) in [6.07, 6.45) is 1.86. The van der Waals surface area contributed by atoms with Gasteiger partial charge in [-0.2, -0.15) is 0 Å². The lowest BCUT2D eigenvalue weighted by molar-refractivity contribution is 0.176. The highest BCUT2D eigenvalue weighted by atomic mass is 16.5. The Morgan fingerprint density at radius 1 is 2.00 bits per heavy atom. The summed E-state index contributed by atoms with van der Waals surface area (Å²) in [7, 11) is 1.94. The molecule has 0 saturated carbocycles. The minimum Gasteiger partial charge on any atom is -0.476 e. The van der Waals surface area contributed by atoms with Crippen LogP contribution in [0.15, 0.2) is 12.0 Å². The third-order valence-electron chi connectivity index (χ3n) is 0.818. The minimum atomic E-state index is 0.652. The summed E-state index contributed by atoms with van der Waals surface area (Å²) in [4.78, 5) is 1.93. The van der Waals surface area contributed by atoms with Gasteiger partial charge in [-0.25, -0.2) is 0 Å². The fourth-order valence-corrected chi connectivity index (χ4v) is 0.505. The fraction of sp³-hybridized carbons (Fsp3) is 0.400. The first-order valence-corrected chi connectivity index (χ1v) is 2.16. The van der Waals surface area contributed by atoms with Crippen molar-refractivity contribution >= 4 is 0 Å². The van der Waals surface area contributed by atoms with E-state index in [4.69, 9.17) is 4.74 Å². The van der Waals surface area contributed by atoms with E-state index in [0.717, 1.165) is 5.76 Å². The predicted octanol–water partition coefficient (Wildman–Crippen LogP) is 0.581. The van der Waals surface area contributed by atoms with Gasteiger partial charge in [0.25, 0.3) is 0 Å². The Morgan fingerprint density at radius 3 is 2.86 bits per heavy atom. The molecule has 7 heavy (non-hydrogen) atoms. The molecule has 0 unspecified atom stereocenters. The topological polar surface area (TPSA) is 12.5 Å². The number of allylic oxidation sites excluding steroid dienone is 1. The van der Waals surface area contributed by atoms with Gasteiger partial charge in [-0.1, -0.05) is 0 Å². The van der Waals surface area contributed by atoms with Crippen molar-refractivity contribution in [3.63, 3.8) is 0 Å². The molecule has 0 bridgehead atoms. The second-order valence-electron chi connectivity index (χ2n) is 1.63. The quantitative estimate of drug-likeness (QED) is 0.439. The first kappa shape index (κ1) is 4.50. The van der Waals surface area contributed by atoms with Gasteiger partial charge in [0, 0.05) is 20.2 Å². The van der Waals surface area contributed by atoms with Gasteiger partial charge in [0.2, 0.25) is 0 Å². The molecule has 2 heteroatoms. The van der Waals surface area contributed by atoms with Gasteiger partial charge < -0.3 is 9.64 Å². The van der Waals surface area contributed by atoms with E-state index in [1.807, 2.05) is 18.1 Å². The molecule has 1 radical (unpaired) electrons. The van der Waals surface area contributed by atoms with Crippen LogP contribution < -0.4 is 0 Å². The molecule has 0 aromatic rings. The number of hydrogen-bond donors (Lipinski definition) is 0. The molecule has 1 heterocycles. The van der Waals surface area contributed by atoms with Crippen LogP contribution in [0.25, 0.3) is 0 Å². The lowest BCUT2D eigenvalue weighted by Gasteiger charge is -2.01. The van der Waals surface area contributed by atoms with Crippen molar-refractivity contribution in [2.75, 3.05) is 13.8 Å². The zero-order valence-corrected chi connectivity index (χ0v) is 4.35. The van der Waals surface area contributed by atoms with Crippen LogP contribution in [0, 0.1) is 6.92 Å². The van der Waals surface area contributed by atoms with Gasteiger partial charge in [-0.15, -0.1) is 0 Å². The first-order chi connectivity index (χ1) is 3.29. The van der Waals surface area contributed by atoms with E-state index in [-0.39, 0.29) is 0 Å². The van der Waals surface area contributed by atoms with Crippen molar-refractivity contribution in [3.05, 3.63) is 18.9 Å². The summed E-state index contributed by atoms with van der Waals surface area (Å²) in [5.41, 5.74) is 0. The Labute approximate surface area is 43.4 Å². The van der Waals surface area contributed by atoms with Crippen molar-refractivity contribution < 1.29 is 4.74 Å². The maximum Gasteiger partial charge on any atom is 0.160 e. The summed E-state index contributed by atoms with van der Waals surface area (Å²) in [6.45, 7) is 4.24. The zero-order valence-electron chi connectivity index (χ0n) is 4.35. The van der Waals surface area contributed by atoms with E-state index >= 15 is 0 Å². The van der Waals surface area contributed by atoms with Crippen molar-refractivity contribution in [1.82, 2.24) is 4.90 Å². The van der Waals surface area contributed by atoms with Crippen LogP contribution in [0.2, 0.25) is 0 Å². The van der Waals surface area contributed by atoms with E-state index in [0.29, 0.717) is 6.73 Å². The molecular formula is C5H8NO. The highest BCUT2D eigenvalue weighted by Crippen LogP contribution is 2.04. The Bertz CT molecular complexity index is 98.3. The second-order valence-corrected chi connectivity index (χ2v) is 1.63. The van der Waals surface area contributed by atoms with Crippen molar-refractivity contribution in [2.45, 2.75) is 0 Å². The van der Waals surface area contributed by atoms with Crippen molar-refractivity contribution in [1.29, 1.82) is 0 Å². The van der Waals surface area contributed by atoms with Crippen LogP contribution in [-0.2, 0) is 4.74 Å². The van der Waals surface area contributed by atoms with E-state index in [1.54, 1.807) is 0 Å². The minimum absolute atomic E-state index is 0.652. The molecule has 2 nitrogen and oxygen atoms in total. The maximum absolute atomic E-state index is 4.94. The summed E-state index contributed by atoms with van der Waals surface area (Å²) in [5, 5.41) is 0. The van der Waals surface area contributed by atoms with Gasteiger partial charge in [0.1, 0.15) is 5.76 Å². The normalized spacial score (nSPS) is 19.1. The Balaban J connectivity index is 2.50. The summed E-state index contributed by atoms with van der Waals surface area (Å²) < 4.78 is 4.94. The monoisotopic (exact) mass is 98.1 g/mol. The van der Waals surface area contributed by atoms with Crippen LogP contribution in [0.4, 0.5) is 0 Å². The Kier molecular flexibility index (Phi) is 0.929. The summed E-state index contributed by atoms with van der Waals surface area (Å²) in [6, 6.07) is 0. The SMILES string of the molecule is [CH2]C1=CN(C)CO1. The van der Waals surface area contributed by atoms with Crippen LogP contribution >= 0.6 is 0 Å². The number of hydrogen-bond acceptors (Lipinski definition) is 2. The molecule has 0 saturated heterocycles. The van der Waals surface area contributed by atoms with E-state index in [2.05, 4.69) is 6.92 Å². The largest absolute Gasteiger partial charge is 0.476 e. The third kappa shape index (κ3) is 0.856. The molecule has 1 aliphatic rings. The van der Waals surface area contributed by atoms with E-state index in [9.17, 15) is 0 Å². The highest BCUT2D eigenvalue weighted by Gasteiger charge is 2.01. The molecule has 0 aliphatic carbocycles. The lowest BCUT2D eigenvalue weighted by Crippen LogP contribution is -2.05. The first-order valence-electron chi connectivity index (χ1n) is 2.16. The molecular weight excluding hydrogens is 90.1 g/mol. The molecule has 0 fully saturated rings. The molecule has 0 amide bonds. The van der Waals surface area contributed by atoms with Gasteiger partial charge >= 0.3 is 0 Å². The van der Waals surface area contributed by atoms with E-state index in [1.165, 1.54) is 0 Å². The maximum atomic E-state index is 4.94. The molecule has 1 rings (SSSR count). The molecule has 1 aliphatic heterocycles. The second kappa shape index (κ2) is 1.45. The zero-order chi connectivity index (χ0) is 5.28. The third-order valence-corrected chi connectivity index (χ3v) is 0.818. The predicted molar refractivity (Wildman–Crippen MR) is 27.2 cm³/mol. The van der Waals surface area contributed by atoms with Gasteiger partial charge in [0.05, 0.1) is 0 Å². The molecule has 0 atom stereocenters. The van der Waals surface area contributed by atoms with Gasteiger partial charge in [-0.05, 0) is 0 Å². The van der Waals surface area contributed by atoms with Gasteiger partial charge in [-0.3, -0.25) is 0 Å². The van der Waals surface area contributed by atoms with Gasteiger partial charge in [0.15, 0.2) is 6.73 Å². The van der Waals surface area contributed by atoms with E-state index < -0.39 is 0 Å². The van der Waals surface area contributed by atoms with Crippen LogP contribution in [0.3, 0.4) is 0 Å². The highest BCUT2D eigenvalue weighted by molar-refractivity contribution is 4.98.